The van der Waals surface area contributed by atoms with E-state index in [0.717, 1.165) is 61.1 Å². The number of H-pyrrole nitrogens is 1. The number of nitrogens with one attached hydrogen (secondary N) is 2. The van der Waals surface area contributed by atoms with Crippen molar-refractivity contribution in [2.45, 2.75) is 19.0 Å². The molecule has 1 saturated heterocycles. The summed E-state index contributed by atoms with van der Waals surface area (Å²) >= 11 is 0. The van der Waals surface area contributed by atoms with Crippen LogP contribution in [0.5, 0.6) is 0 Å². The van der Waals surface area contributed by atoms with Crippen LogP contribution in [0.2, 0.25) is 0 Å². The summed E-state index contributed by atoms with van der Waals surface area (Å²) in [6, 6.07) is 7.46. The van der Waals surface area contributed by atoms with Gasteiger partial charge in [-0.05, 0) is 50.0 Å². The van der Waals surface area contributed by atoms with Gasteiger partial charge in [-0.25, -0.2) is 14.5 Å². The number of halogens is 3. The first-order valence-corrected chi connectivity index (χ1v) is 13.1. The highest BCUT2D eigenvalue weighted by Gasteiger charge is 2.38. The van der Waals surface area contributed by atoms with Gasteiger partial charge in [-0.1, -0.05) is 6.58 Å². The van der Waals surface area contributed by atoms with Crippen LogP contribution in [-0.2, 0) is 0 Å². The Morgan fingerprint density at radius 3 is 2.54 bits per heavy atom. The SMILES string of the molecule is C=CN.CC(c1cnn2ccc(-c3c[nH]c4nc(Nc5ccc(N6CCN(C)CC6)nc5)ncc34)cc12)C(F)(F)F. The van der Waals surface area contributed by atoms with Gasteiger partial charge in [0.25, 0.3) is 0 Å². The van der Waals surface area contributed by atoms with Crippen LogP contribution in [-0.4, -0.2) is 73.9 Å². The molecular formula is C28H31F3N10. The summed E-state index contributed by atoms with van der Waals surface area (Å²) in [4.78, 5) is 21.3. The van der Waals surface area contributed by atoms with Crippen LogP contribution in [0.4, 0.5) is 30.6 Å². The first kappa shape index (κ1) is 27.9. The highest BCUT2D eigenvalue weighted by Crippen LogP contribution is 2.37. The summed E-state index contributed by atoms with van der Waals surface area (Å²) in [6.45, 7) is 8.20. The molecule has 0 saturated carbocycles. The molecule has 1 unspecified atom stereocenters. The molecular weight excluding hydrogens is 533 g/mol. The van der Waals surface area contributed by atoms with Gasteiger partial charge < -0.3 is 25.8 Å². The van der Waals surface area contributed by atoms with E-state index in [0.29, 0.717) is 17.1 Å². The number of aromatic nitrogens is 6. The molecule has 0 spiro atoms. The molecule has 5 aromatic rings. The van der Waals surface area contributed by atoms with Gasteiger partial charge in [0.1, 0.15) is 11.5 Å². The Morgan fingerprint density at radius 2 is 1.85 bits per heavy atom. The van der Waals surface area contributed by atoms with Crippen molar-refractivity contribution in [2.75, 3.05) is 43.4 Å². The van der Waals surface area contributed by atoms with Crippen molar-refractivity contribution in [1.82, 2.24) is 34.4 Å². The first-order chi connectivity index (χ1) is 19.7. The monoisotopic (exact) mass is 564 g/mol. The molecule has 214 valence electrons. The Hall–Kier alpha value is -4.65. The van der Waals surface area contributed by atoms with Crippen molar-refractivity contribution in [2.24, 2.45) is 5.73 Å². The minimum atomic E-state index is -4.35. The zero-order valence-corrected chi connectivity index (χ0v) is 22.7. The molecule has 0 radical (unpaired) electrons. The van der Waals surface area contributed by atoms with E-state index in [1.807, 2.05) is 18.2 Å². The summed E-state index contributed by atoms with van der Waals surface area (Å²) in [5.41, 5.74) is 8.07. The van der Waals surface area contributed by atoms with Crippen molar-refractivity contribution < 1.29 is 13.2 Å². The average molecular weight is 565 g/mol. The fourth-order valence-electron chi connectivity index (χ4n) is 4.70. The first-order valence-electron chi connectivity index (χ1n) is 13.1. The second-order valence-corrected chi connectivity index (χ2v) is 9.82. The topological polar surface area (TPSA) is 116 Å². The van der Waals surface area contributed by atoms with Gasteiger partial charge in [0.15, 0.2) is 0 Å². The number of nitrogens with two attached hydrogens (primary N) is 1. The summed E-state index contributed by atoms with van der Waals surface area (Å²) in [7, 11) is 2.12. The Morgan fingerprint density at radius 1 is 1.10 bits per heavy atom. The number of fused-ring (bicyclic) bond motifs is 2. The van der Waals surface area contributed by atoms with Crippen LogP contribution in [0.15, 0.2) is 68.0 Å². The van der Waals surface area contributed by atoms with Crippen LogP contribution in [0, 0.1) is 0 Å². The second-order valence-electron chi connectivity index (χ2n) is 9.82. The molecule has 10 nitrogen and oxygen atoms in total. The molecule has 0 aromatic carbocycles. The lowest BCUT2D eigenvalue weighted by Crippen LogP contribution is -2.44. The maximum atomic E-state index is 13.4. The lowest BCUT2D eigenvalue weighted by atomic mass is 10.0. The maximum absolute atomic E-state index is 13.4. The number of pyridine rings is 2. The third kappa shape index (κ3) is 5.94. The summed E-state index contributed by atoms with van der Waals surface area (Å²) in [5.74, 6) is -0.273. The van der Waals surface area contributed by atoms with Gasteiger partial charge in [-0.3, -0.25) is 0 Å². The van der Waals surface area contributed by atoms with E-state index in [9.17, 15) is 13.2 Å². The fourth-order valence-corrected chi connectivity index (χ4v) is 4.70. The Labute approximate surface area is 234 Å². The summed E-state index contributed by atoms with van der Waals surface area (Å²) in [5, 5.41) is 8.04. The Balaban J connectivity index is 0.00000108. The third-order valence-electron chi connectivity index (χ3n) is 7.08. The molecule has 0 bridgehead atoms. The second kappa shape index (κ2) is 11.5. The number of piperazine rings is 1. The lowest BCUT2D eigenvalue weighted by molar-refractivity contribution is -0.146. The molecule has 6 heterocycles. The average Bonchev–Trinajstić information content (AvgIpc) is 3.57. The number of nitrogens with zero attached hydrogens (tertiary/aromatic N) is 7. The Bertz CT molecular complexity index is 1630. The minimum absolute atomic E-state index is 0.133. The standard InChI is InChI=1S/C26H26F3N9.C2H5N/c1-16(26(27,28)29)19-15-33-38-6-5-17(11-22(19)38)20-13-31-24-21(20)14-32-25(35-24)34-18-3-4-23(30-12-18)37-9-7-36(2)8-10-37;1-2-3/h3-6,11-16H,7-10H2,1-2H3,(H2,31,32,34,35);2H,1,3H2. The van der Waals surface area contributed by atoms with Crippen LogP contribution in [0.25, 0.3) is 27.7 Å². The van der Waals surface area contributed by atoms with Gasteiger partial charge >= 0.3 is 6.18 Å². The zero-order valence-electron chi connectivity index (χ0n) is 22.7. The molecule has 41 heavy (non-hydrogen) atoms. The largest absolute Gasteiger partial charge is 0.405 e. The highest BCUT2D eigenvalue weighted by molar-refractivity contribution is 5.94. The number of hydrogen-bond acceptors (Lipinski definition) is 8. The van der Waals surface area contributed by atoms with Crippen molar-refractivity contribution in [3.8, 4) is 11.1 Å². The molecule has 5 aromatic heterocycles. The molecule has 13 heteroatoms. The van der Waals surface area contributed by atoms with Crippen LogP contribution in [0.3, 0.4) is 0 Å². The summed E-state index contributed by atoms with van der Waals surface area (Å²) < 4.78 is 41.5. The van der Waals surface area contributed by atoms with Gasteiger partial charge in [-0.15, -0.1) is 0 Å². The van der Waals surface area contributed by atoms with Crippen LogP contribution < -0.4 is 16.0 Å². The van der Waals surface area contributed by atoms with Gasteiger partial charge in [-0.2, -0.15) is 23.3 Å². The number of alkyl halides is 3. The fraction of sp³-hybridized carbons (Fsp3) is 0.286. The number of rotatable bonds is 5. The zero-order chi connectivity index (χ0) is 29.1. The smallest absolute Gasteiger partial charge is 0.395 e. The van der Waals surface area contributed by atoms with E-state index in [1.54, 1.807) is 30.9 Å². The minimum Gasteiger partial charge on any atom is -0.405 e. The van der Waals surface area contributed by atoms with Crippen LogP contribution in [0.1, 0.15) is 18.4 Å². The number of likely N-dealkylation sites (N-methyl/N-ethyl adjacent to an activating group) is 1. The van der Waals surface area contributed by atoms with Crippen molar-refractivity contribution >= 4 is 34.0 Å². The molecule has 6 rings (SSSR count). The van der Waals surface area contributed by atoms with Gasteiger partial charge in [0.05, 0.1) is 29.5 Å². The number of hydrogen-bond donors (Lipinski definition) is 3. The quantitative estimate of drug-likeness (QED) is 0.276. The van der Waals surface area contributed by atoms with Crippen molar-refractivity contribution in [3.63, 3.8) is 0 Å². The van der Waals surface area contributed by atoms with Crippen LogP contribution >= 0.6 is 0 Å². The molecule has 1 aliphatic heterocycles. The van der Waals surface area contributed by atoms with Gasteiger partial charge in [0, 0.05) is 61.3 Å². The van der Waals surface area contributed by atoms with E-state index >= 15 is 0 Å². The predicted octanol–water partition coefficient (Wildman–Crippen LogP) is 4.92. The highest BCUT2D eigenvalue weighted by atomic mass is 19.4. The van der Waals surface area contributed by atoms with Crippen molar-refractivity contribution in [3.05, 3.63) is 73.6 Å². The van der Waals surface area contributed by atoms with E-state index < -0.39 is 12.1 Å². The molecule has 4 N–H and O–H groups in total. The van der Waals surface area contributed by atoms with E-state index in [1.165, 1.54) is 16.9 Å². The normalized spacial score (nSPS) is 15.0. The molecule has 0 amide bonds. The summed E-state index contributed by atoms with van der Waals surface area (Å²) in [6.07, 6.45) is 5.08. The Kier molecular flexibility index (Phi) is 7.79. The van der Waals surface area contributed by atoms with Gasteiger partial charge in [0.2, 0.25) is 5.95 Å². The molecule has 1 aliphatic rings. The van der Waals surface area contributed by atoms with E-state index in [4.69, 9.17) is 0 Å². The molecule has 1 atom stereocenters. The molecule has 1 fully saturated rings. The maximum Gasteiger partial charge on any atom is 0.395 e. The molecule has 0 aliphatic carbocycles. The van der Waals surface area contributed by atoms with Crippen molar-refractivity contribution in [1.29, 1.82) is 0 Å². The number of anilines is 3. The predicted molar refractivity (Wildman–Crippen MR) is 154 cm³/mol. The third-order valence-corrected chi connectivity index (χ3v) is 7.08. The van der Waals surface area contributed by atoms with E-state index in [-0.39, 0.29) is 5.56 Å². The number of aromatic amines is 1. The van der Waals surface area contributed by atoms with E-state index in [2.05, 4.69) is 59.5 Å². The lowest BCUT2D eigenvalue weighted by Gasteiger charge is -2.33.